The van der Waals surface area contributed by atoms with E-state index in [0.717, 1.165) is 33.6 Å². The van der Waals surface area contributed by atoms with Crippen LogP contribution in [0, 0.1) is 13.8 Å². The van der Waals surface area contributed by atoms with Gasteiger partial charge in [0, 0.05) is 22.7 Å². The maximum atomic E-state index is 5.78. The molecule has 106 valence electrons. The first-order valence-corrected chi connectivity index (χ1v) is 7.54. The van der Waals surface area contributed by atoms with Crippen LogP contribution in [0.2, 0.25) is 0 Å². The lowest BCUT2D eigenvalue weighted by Crippen LogP contribution is -2.04. The van der Waals surface area contributed by atoms with Crippen LogP contribution in [-0.2, 0) is 11.9 Å². The molecule has 3 nitrogen and oxygen atoms in total. The van der Waals surface area contributed by atoms with E-state index in [1.165, 1.54) is 5.56 Å². The molecule has 0 unspecified atom stereocenters. The van der Waals surface area contributed by atoms with E-state index >= 15 is 0 Å². The minimum Gasteiger partial charge on any atom is -0.496 e. The Morgan fingerprint density at radius 2 is 1.85 bits per heavy atom. The first-order valence-electron chi connectivity index (χ1n) is 6.42. The molecule has 2 aromatic rings. The van der Waals surface area contributed by atoms with Crippen LogP contribution < -0.4 is 9.47 Å². The Bertz CT molecular complexity index is 582. The quantitative estimate of drug-likeness (QED) is 0.768. The molecule has 0 radical (unpaired) electrons. The number of pyridine rings is 1. The summed E-state index contributed by atoms with van der Waals surface area (Å²) in [6.07, 6.45) is 1.82. The van der Waals surface area contributed by atoms with Gasteiger partial charge >= 0.3 is 0 Å². The summed E-state index contributed by atoms with van der Waals surface area (Å²) < 4.78 is 11.2. The molecule has 0 amide bonds. The van der Waals surface area contributed by atoms with Crippen molar-refractivity contribution < 1.29 is 9.47 Å². The first-order chi connectivity index (χ1) is 9.65. The highest BCUT2D eigenvalue weighted by Gasteiger charge is 2.09. The zero-order chi connectivity index (χ0) is 14.5. The average molecular weight is 336 g/mol. The van der Waals surface area contributed by atoms with Crippen LogP contribution in [0.15, 0.2) is 30.5 Å². The highest BCUT2D eigenvalue weighted by atomic mass is 79.9. The van der Waals surface area contributed by atoms with Gasteiger partial charge in [-0.15, -0.1) is 0 Å². The van der Waals surface area contributed by atoms with Gasteiger partial charge < -0.3 is 9.47 Å². The van der Waals surface area contributed by atoms with E-state index < -0.39 is 0 Å². The topological polar surface area (TPSA) is 31.4 Å². The van der Waals surface area contributed by atoms with E-state index in [-0.39, 0.29) is 0 Å². The summed E-state index contributed by atoms with van der Waals surface area (Å²) in [6, 6.07) is 8.02. The molecule has 0 saturated heterocycles. The van der Waals surface area contributed by atoms with Crippen LogP contribution in [0.5, 0.6) is 11.5 Å². The standard InChI is InChI=1S/C16H18BrNO2/c1-11-9-18-15(12(2)16(11)19-3)10-20-14-6-4-13(8-17)5-7-14/h4-7,9H,8,10H2,1-3H3. The second-order valence-electron chi connectivity index (χ2n) is 4.61. The molecule has 0 aliphatic carbocycles. The minimum absolute atomic E-state index is 0.441. The number of nitrogens with zero attached hydrogens (tertiary/aromatic N) is 1. The van der Waals surface area contributed by atoms with Gasteiger partial charge in [-0.2, -0.15) is 0 Å². The lowest BCUT2D eigenvalue weighted by molar-refractivity contribution is 0.298. The summed E-state index contributed by atoms with van der Waals surface area (Å²) in [5, 5.41) is 0.850. The number of ether oxygens (including phenoxy) is 2. The zero-order valence-electron chi connectivity index (χ0n) is 11.9. The van der Waals surface area contributed by atoms with Crippen molar-refractivity contribution in [3.63, 3.8) is 0 Å². The molecule has 1 aromatic heterocycles. The van der Waals surface area contributed by atoms with Crippen LogP contribution in [0.4, 0.5) is 0 Å². The Balaban J connectivity index is 2.10. The molecule has 0 N–H and O–H groups in total. The number of aryl methyl sites for hydroxylation is 1. The third kappa shape index (κ3) is 3.31. The maximum Gasteiger partial charge on any atom is 0.131 e. The number of methoxy groups -OCH3 is 1. The number of halogens is 1. The van der Waals surface area contributed by atoms with Gasteiger partial charge in [-0.1, -0.05) is 28.1 Å². The van der Waals surface area contributed by atoms with E-state index in [1.807, 2.05) is 44.3 Å². The number of hydrogen-bond donors (Lipinski definition) is 0. The summed E-state index contributed by atoms with van der Waals surface area (Å²) in [7, 11) is 1.68. The molecule has 0 bridgehead atoms. The zero-order valence-corrected chi connectivity index (χ0v) is 13.5. The third-order valence-corrected chi connectivity index (χ3v) is 3.85. The van der Waals surface area contributed by atoms with E-state index in [4.69, 9.17) is 9.47 Å². The van der Waals surface area contributed by atoms with Crippen LogP contribution in [0.3, 0.4) is 0 Å². The van der Waals surface area contributed by atoms with Gasteiger partial charge in [0.1, 0.15) is 18.1 Å². The monoisotopic (exact) mass is 335 g/mol. The van der Waals surface area contributed by atoms with Gasteiger partial charge in [-0.05, 0) is 31.5 Å². The normalized spacial score (nSPS) is 10.4. The lowest BCUT2D eigenvalue weighted by Gasteiger charge is -2.13. The second-order valence-corrected chi connectivity index (χ2v) is 5.17. The summed E-state index contributed by atoms with van der Waals surface area (Å²) in [4.78, 5) is 4.42. The fourth-order valence-electron chi connectivity index (χ4n) is 2.04. The molecule has 0 atom stereocenters. The van der Waals surface area contributed by atoms with Crippen molar-refractivity contribution >= 4 is 15.9 Å². The molecule has 1 aromatic carbocycles. The van der Waals surface area contributed by atoms with Crippen molar-refractivity contribution in [2.24, 2.45) is 0 Å². The Labute approximate surface area is 128 Å². The van der Waals surface area contributed by atoms with Gasteiger partial charge in [-0.25, -0.2) is 0 Å². The Morgan fingerprint density at radius 3 is 2.45 bits per heavy atom. The maximum absolute atomic E-state index is 5.78. The number of aromatic nitrogens is 1. The molecule has 4 heteroatoms. The smallest absolute Gasteiger partial charge is 0.131 e. The second kappa shape index (κ2) is 6.75. The predicted molar refractivity (Wildman–Crippen MR) is 83.7 cm³/mol. The molecule has 2 rings (SSSR count). The number of rotatable bonds is 5. The van der Waals surface area contributed by atoms with Crippen molar-refractivity contribution in [2.75, 3.05) is 7.11 Å². The largest absolute Gasteiger partial charge is 0.496 e. The SMILES string of the molecule is COc1c(C)cnc(COc2ccc(CBr)cc2)c1C. The molecule has 20 heavy (non-hydrogen) atoms. The molecule has 0 fully saturated rings. The summed E-state index contributed by atoms with van der Waals surface area (Å²) >= 11 is 3.43. The Morgan fingerprint density at radius 1 is 1.15 bits per heavy atom. The Hall–Kier alpha value is -1.55. The minimum atomic E-state index is 0.441. The van der Waals surface area contributed by atoms with Crippen LogP contribution in [0.1, 0.15) is 22.4 Å². The molecule has 0 aliphatic rings. The van der Waals surface area contributed by atoms with Crippen molar-refractivity contribution in [1.82, 2.24) is 4.98 Å². The van der Waals surface area contributed by atoms with Gasteiger partial charge in [-0.3, -0.25) is 4.98 Å². The molecular weight excluding hydrogens is 318 g/mol. The van der Waals surface area contributed by atoms with Crippen molar-refractivity contribution in [2.45, 2.75) is 25.8 Å². The van der Waals surface area contributed by atoms with Gasteiger partial charge in [0.25, 0.3) is 0 Å². The fraction of sp³-hybridized carbons (Fsp3) is 0.312. The summed E-state index contributed by atoms with van der Waals surface area (Å²) in [5.41, 5.74) is 4.20. The molecule has 0 aliphatic heterocycles. The summed E-state index contributed by atoms with van der Waals surface area (Å²) in [6.45, 7) is 4.43. The molecular formula is C16H18BrNO2. The molecule has 1 heterocycles. The highest BCUT2D eigenvalue weighted by Crippen LogP contribution is 2.25. The van der Waals surface area contributed by atoms with Crippen molar-refractivity contribution in [3.05, 3.63) is 52.8 Å². The Kier molecular flexibility index (Phi) is 5.01. The highest BCUT2D eigenvalue weighted by molar-refractivity contribution is 9.08. The van der Waals surface area contributed by atoms with Gasteiger partial charge in [0.2, 0.25) is 0 Å². The first kappa shape index (κ1) is 14.9. The lowest BCUT2D eigenvalue weighted by atomic mass is 10.1. The predicted octanol–water partition coefficient (Wildman–Crippen LogP) is 4.18. The van der Waals surface area contributed by atoms with Crippen molar-refractivity contribution in [3.8, 4) is 11.5 Å². The number of hydrogen-bond acceptors (Lipinski definition) is 3. The summed E-state index contributed by atoms with van der Waals surface area (Å²) in [5.74, 6) is 1.73. The van der Waals surface area contributed by atoms with Crippen molar-refractivity contribution in [1.29, 1.82) is 0 Å². The van der Waals surface area contributed by atoms with Gasteiger partial charge in [0.15, 0.2) is 0 Å². The van der Waals surface area contributed by atoms with E-state index in [2.05, 4.69) is 20.9 Å². The third-order valence-electron chi connectivity index (χ3n) is 3.20. The number of alkyl halides is 1. The van der Waals surface area contributed by atoms with E-state index in [1.54, 1.807) is 7.11 Å². The molecule has 0 saturated carbocycles. The average Bonchev–Trinajstić information content (AvgIpc) is 2.47. The van der Waals surface area contributed by atoms with E-state index in [0.29, 0.717) is 6.61 Å². The van der Waals surface area contributed by atoms with Crippen LogP contribution in [0.25, 0.3) is 0 Å². The fourth-order valence-corrected chi connectivity index (χ4v) is 2.42. The van der Waals surface area contributed by atoms with Crippen LogP contribution in [-0.4, -0.2) is 12.1 Å². The molecule has 0 spiro atoms. The van der Waals surface area contributed by atoms with Crippen LogP contribution >= 0.6 is 15.9 Å². The van der Waals surface area contributed by atoms with E-state index in [9.17, 15) is 0 Å². The van der Waals surface area contributed by atoms with Gasteiger partial charge in [0.05, 0.1) is 12.8 Å². The number of benzene rings is 1.